The van der Waals surface area contributed by atoms with Crippen LogP contribution in [0.4, 0.5) is 4.79 Å². The molecule has 145 heavy (non-hydrogen) atoms. The maximum absolute atomic E-state index is 12.5. The summed E-state index contributed by atoms with van der Waals surface area (Å²) in [5.41, 5.74) is 7.18. The zero-order chi connectivity index (χ0) is 102. The number of ether oxygens (including phenoxy) is 2. The van der Waals surface area contributed by atoms with Crippen molar-refractivity contribution in [3.63, 3.8) is 0 Å². The zero-order valence-electron chi connectivity index (χ0n) is 83.8. The third-order valence-corrected chi connectivity index (χ3v) is 30.2. The van der Waals surface area contributed by atoms with Crippen LogP contribution in [0.15, 0.2) is 170 Å². The minimum atomic E-state index is -0.857. The predicted molar refractivity (Wildman–Crippen MR) is 537 cm³/mol. The highest BCUT2D eigenvalue weighted by Gasteiger charge is 2.44. The van der Waals surface area contributed by atoms with Gasteiger partial charge in [0.2, 0.25) is 40.9 Å². The van der Waals surface area contributed by atoms with Gasteiger partial charge in [-0.15, -0.1) is 16.8 Å². The van der Waals surface area contributed by atoms with Crippen molar-refractivity contribution in [1.29, 1.82) is 0 Å². The number of carboxylic acids is 2. The minimum absolute atomic E-state index is 0.00832. The van der Waals surface area contributed by atoms with E-state index in [2.05, 4.69) is 89.9 Å². The Morgan fingerprint density at radius 1 is 0.462 bits per heavy atom. The Balaban J connectivity index is 0.000000130. The van der Waals surface area contributed by atoms with Crippen molar-refractivity contribution in [1.82, 2.24) is 82.2 Å². The molecule has 14 fully saturated rings. The second-order valence-electron chi connectivity index (χ2n) is 42.6. The first-order chi connectivity index (χ1) is 70.0. The van der Waals surface area contributed by atoms with Gasteiger partial charge in [-0.05, 0) is 166 Å². The third kappa shape index (κ3) is 31.1. The molecule has 8 aromatic rings. The first kappa shape index (κ1) is 107. The average Bonchev–Trinajstić information content (AvgIpc) is 1.63. The van der Waals surface area contributed by atoms with Crippen LogP contribution in [0, 0.1) is 71.0 Å². The quantitative estimate of drug-likeness (QED) is 0.00640. The first-order valence-corrected chi connectivity index (χ1v) is 52.0. The maximum atomic E-state index is 12.5. The Kier molecular flexibility index (Phi) is 37.9. The highest BCUT2D eigenvalue weighted by atomic mass is 16.6. The zero-order valence-corrected chi connectivity index (χ0v) is 83.8. The van der Waals surface area contributed by atoms with Crippen LogP contribution in [-0.4, -0.2) is 260 Å². The van der Waals surface area contributed by atoms with Crippen LogP contribution in [-0.2, 0) is 49.6 Å². The fraction of sp³-hybridized carbons (Fsp3) is 0.560. The van der Waals surface area contributed by atoms with Crippen molar-refractivity contribution >= 4 is 65.1 Å². The fourth-order valence-electron chi connectivity index (χ4n) is 19.1. The molecule has 10 N–H and O–H groups in total. The van der Waals surface area contributed by atoms with E-state index in [1.165, 1.54) is 114 Å². The summed E-state index contributed by atoms with van der Waals surface area (Å²) < 4.78 is 31.7. The number of hydrazine groups is 1. The highest BCUT2D eigenvalue weighted by molar-refractivity contribution is 5.95. The standard InChI is InChI=1S/C25H30N4O4.C24H27N5O3.C15H16N4O3.C11H13NO2.C10H17NO.C9H15NO4.C9H15NO2.C6H10/c30-22(12-26-24(31)19-14-29(15-19)13-16-5-4-6-16)18-9-20(10-18)27-25(32)23-11-21(28-33-23)17-7-2-1-3-8-17;30-22(21-11-20(28-32-21)16-7-2-1-3-8-16)25-19-9-17(10-19)23-26-27-24(31-23)18-13-29(14-18)12-15-5-4-6-15;16-18-14(20)10-6-11(7-10)17-15(21)13-8-12(19-22-13)9-4-2-1-3-5-9;13-11(10-6-12-7-10)14-8-9-4-2-1-3-5-9;1-8(12)10-6-11(7-10)5-9-3-2-4-9;1-9(2,3)14-8(13)10-4-6(5-10)7(11)12;11-9(12)8-5-10(6-8)4-7-2-1-3-7;1-2-6-4-3-5-6/h1-3,7-8,11,16,18-20H,4-6,9-10,12-15H2,(H,26,31)(H,27,32);1-3,7-8,11,15,17-19H,4-6,9-10,12-14H2,(H,25,30);1-5,8,10-11H,6-7,16H2,(H,17,21)(H,18,20);1-5,10,12H,6-8H2;9-10H,2-7H2,1H3;6H,4-5H2,1-3H3,(H,11,12);7-8H,1-6H2,(H,11,12);2,6H,1,3-5H2. The summed E-state index contributed by atoms with van der Waals surface area (Å²) in [7, 11) is 0. The van der Waals surface area contributed by atoms with Crippen molar-refractivity contribution in [2.24, 2.45) is 76.9 Å². The molecule has 36 heteroatoms. The number of ketones is 2. The number of amides is 6. The number of hydrogen-bond acceptors (Lipinski definition) is 28. The predicted octanol–water partition coefficient (Wildman–Crippen LogP) is 12.7. The molecule has 0 spiro atoms. The normalized spacial score (nSPS) is 22.1. The monoisotopic (exact) mass is 1990 g/mol. The Labute approximate surface area is 846 Å². The second kappa shape index (κ2) is 51.5. The van der Waals surface area contributed by atoms with Crippen LogP contribution < -0.4 is 37.9 Å². The molecule has 8 saturated carbocycles. The molecular formula is C109H143N17O19. The number of aromatic nitrogens is 5. The van der Waals surface area contributed by atoms with Crippen LogP contribution in [0.5, 0.6) is 0 Å². The van der Waals surface area contributed by atoms with Crippen LogP contribution in [0.1, 0.15) is 223 Å². The van der Waals surface area contributed by atoms with Crippen LogP contribution in [0.3, 0.4) is 0 Å². The lowest BCUT2D eigenvalue weighted by molar-refractivity contribution is -0.151. The molecule has 22 rings (SSSR count). The summed E-state index contributed by atoms with van der Waals surface area (Å²) in [4.78, 5) is 138. The van der Waals surface area contributed by atoms with E-state index in [1.54, 1.807) is 45.9 Å². The number of likely N-dealkylation sites (tertiary alicyclic amines) is 5. The molecule has 6 aliphatic heterocycles. The summed E-state index contributed by atoms with van der Waals surface area (Å²) in [6.07, 6.45) is 26.2. The van der Waals surface area contributed by atoms with Gasteiger partial charge in [0.15, 0.2) is 5.78 Å². The third-order valence-electron chi connectivity index (χ3n) is 30.2. The number of hydrogen-bond donors (Lipinski definition) is 9. The molecule has 14 aliphatic rings. The topological polar surface area (TPSA) is 478 Å². The maximum Gasteiger partial charge on any atom is 0.410 e. The van der Waals surface area contributed by atoms with Crippen molar-refractivity contribution in [3.8, 4) is 33.8 Å². The molecule has 36 nitrogen and oxygen atoms in total. The van der Waals surface area contributed by atoms with E-state index < -0.39 is 29.6 Å². The van der Waals surface area contributed by atoms with Gasteiger partial charge in [0.1, 0.15) is 35.1 Å². The Morgan fingerprint density at radius 2 is 0.841 bits per heavy atom. The number of nitrogens with one attached hydrogen (secondary N) is 6. The Hall–Kier alpha value is -12.5. The number of rotatable bonds is 31. The first-order valence-electron chi connectivity index (χ1n) is 52.0. The molecule has 6 saturated heterocycles. The number of carboxylic acid groups (broad SMARTS) is 2. The molecule has 0 unspecified atom stereocenters. The lowest BCUT2D eigenvalue weighted by Crippen LogP contribution is -2.56. The van der Waals surface area contributed by atoms with Gasteiger partial charge >= 0.3 is 24.0 Å². The molecule has 0 bridgehead atoms. The van der Waals surface area contributed by atoms with Crippen molar-refractivity contribution in [2.45, 2.75) is 205 Å². The SMILES string of the molecule is C=CC1CCC1.CC(=O)C1CN(CC2CCC2)C1.CC(C)(C)OC(=O)N1CC(C(=O)O)C1.NNC(=O)C1CC(NC(=O)c2cc(-c3ccccc3)no2)C1.O=C(NC1CC(C(=O)CNC(=O)C2CN(CC3CCC3)C2)C1)c1cc(-c2ccccc2)no1.O=C(NC1CC(c2nnc(C3CN(CC4CCC4)C3)o2)C1)c1cc(-c2ccccc2)no1.O=C(O)C1CN(CC2CCC2)C1.O=C(OCc1ccccc1)C1CNC1. The Morgan fingerprint density at radius 3 is 1.20 bits per heavy atom. The molecule has 6 amide bonds. The summed E-state index contributed by atoms with van der Waals surface area (Å²) in [5.74, 6) is 9.50. The van der Waals surface area contributed by atoms with E-state index in [9.17, 15) is 52.7 Å². The Bertz CT molecular complexity index is 5520. The van der Waals surface area contributed by atoms with Gasteiger partial charge in [0, 0.05) is 181 Å². The van der Waals surface area contributed by atoms with Crippen molar-refractivity contribution in [3.05, 3.63) is 187 Å². The summed E-state index contributed by atoms with van der Waals surface area (Å²) in [5, 5.41) is 52.2. The average molecular weight is 2000 g/mol. The number of esters is 1. The molecular weight excluding hydrogens is 1850 g/mol. The van der Waals surface area contributed by atoms with Crippen molar-refractivity contribution in [2.75, 3.05) is 111 Å². The minimum Gasteiger partial charge on any atom is -0.481 e. The van der Waals surface area contributed by atoms with E-state index in [1.807, 2.05) is 121 Å². The van der Waals surface area contributed by atoms with Gasteiger partial charge < -0.3 is 88.8 Å². The summed E-state index contributed by atoms with van der Waals surface area (Å²) >= 11 is 0. The van der Waals surface area contributed by atoms with E-state index >= 15 is 0 Å². The van der Waals surface area contributed by atoms with Gasteiger partial charge in [-0.1, -0.05) is 175 Å². The van der Waals surface area contributed by atoms with E-state index in [0.29, 0.717) is 72.9 Å². The number of Topliss-reactive ketones (excluding diaryl/α,β-unsaturated/α-hetero) is 2. The molecule has 778 valence electrons. The van der Waals surface area contributed by atoms with Gasteiger partial charge in [0.25, 0.3) is 17.7 Å². The van der Waals surface area contributed by atoms with Crippen LogP contribution in [0.2, 0.25) is 0 Å². The lowest BCUT2D eigenvalue weighted by atomic mass is 9.77. The number of nitrogens with two attached hydrogens (primary N) is 1. The molecule has 10 heterocycles. The summed E-state index contributed by atoms with van der Waals surface area (Å²) in [6.45, 7) is 25.3. The number of benzene rings is 4. The highest BCUT2D eigenvalue weighted by Crippen LogP contribution is 2.41. The van der Waals surface area contributed by atoms with E-state index in [0.717, 1.165) is 149 Å². The van der Waals surface area contributed by atoms with Gasteiger partial charge in [-0.2, -0.15) is 0 Å². The molecule has 4 aromatic carbocycles. The van der Waals surface area contributed by atoms with Gasteiger partial charge in [0.05, 0.1) is 36.1 Å². The largest absolute Gasteiger partial charge is 0.481 e. The molecule has 4 aromatic heterocycles. The number of aliphatic carboxylic acids is 2. The summed E-state index contributed by atoms with van der Waals surface area (Å²) in [6, 6.07) is 43.2. The van der Waals surface area contributed by atoms with Gasteiger partial charge in [-0.25, -0.2) is 10.6 Å². The number of allylic oxidation sites excluding steroid dienone is 1. The lowest BCUT2D eigenvalue weighted by Gasteiger charge is -2.42. The van der Waals surface area contributed by atoms with E-state index in [4.69, 9.17) is 43.5 Å². The van der Waals surface area contributed by atoms with Crippen LogP contribution >= 0.6 is 0 Å². The number of carbonyl (C=O) groups is 11. The second-order valence-corrected chi connectivity index (χ2v) is 42.6. The smallest absolute Gasteiger partial charge is 0.410 e. The van der Waals surface area contributed by atoms with Crippen LogP contribution in [0.25, 0.3) is 33.8 Å². The number of nitrogens with zero attached hydrogens (tertiary/aromatic N) is 10. The molecule has 8 aliphatic carbocycles. The van der Waals surface area contributed by atoms with Crippen molar-refractivity contribution < 1.29 is 90.4 Å². The number of carbonyl (C=O) groups excluding carboxylic acids is 9. The molecule has 0 atom stereocenters. The van der Waals surface area contributed by atoms with Gasteiger partial charge in [-0.3, -0.25) is 53.4 Å². The van der Waals surface area contributed by atoms with E-state index in [-0.39, 0.29) is 132 Å². The molecule has 0 radical (unpaired) electrons. The fourth-order valence-corrected chi connectivity index (χ4v) is 19.1.